The van der Waals surface area contributed by atoms with Gasteiger partial charge >= 0.3 is 0 Å². The van der Waals surface area contributed by atoms with Gasteiger partial charge in [-0.05, 0) is 30.4 Å². The second kappa shape index (κ2) is 8.28. The Morgan fingerprint density at radius 1 is 1.25 bits per heavy atom. The van der Waals surface area contributed by atoms with Crippen molar-refractivity contribution >= 4 is 0 Å². The normalized spacial score (nSPS) is 26.2. The number of nitrogens with one attached hydrogen (secondary N) is 1. The molecule has 24 heavy (non-hydrogen) atoms. The number of rotatable bonds is 5. The molecule has 1 aliphatic heterocycles. The highest BCUT2D eigenvalue weighted by atomic mass is 16.3. The molecule has 1 unspecified atom stereocenters. The van der Waals surface area contributed by atoms with Gasteiger partial charge in [-0.3, -0.25) is 0 Å². The summed E-state index contributed by atoms with van der Waals surface area (Å²) in [5.74, 6) is 0.189. The predicted molar refractivity (Wildman–Crippen MR) is 101 cm³/mol. The fraction of sp³-hybridized carbons (Fsp3) is 0.619. The molecule has 3 nitrogen and oxygen atoms in total. The minimum atomic E-state index is -0.560. The molecular weight excluding hydrogens is 296 g/mol. The van der Waals surface area contributed by atoms with E-state index in [1.54, 1.807) is 0 Å². The van der Waals surface area contributed by atoms with Crippen molar-refractivity contribution in [3.05, 3.63) is 48.1 Å². The molecule has 0 bridgehead atoms. The van der Waals surface area contributed by atoms with Crippen LogP contribution in [0.3, 0.4) is 0 Å². The summed E-state index contributed by atoms with van der Waals surface area (Å²) in [4.78, 5) is 2.52. The molecule has 0 aromatic carbocycles. The van der Waals surface area contributed by atoms with Crippen LogP contribution in [0, 0.1) is 5.92 Å². The highest BCUT2D eigenvalue weighted by Crippen LogP contribution is 2.39. The van der Waals surface area contributed by atoms with Crippen molar-refractivity contribution in [1.82, 2.24) is 10.2 Å². The van der Waals surface area contributed by atoms with Gasteiger partial charge in [0.1, 0.15) is 0 Å². The molecule has 132 valence electrons. The van der Waals surface area contributed by atoms with E-state index in [0.29, 0.717) is 0 Å². The smallest absolute Gasteiger partial charge is 0.0728 e. The zero-order valence-electron chi connectivity index (χ0n) is 14.8. The van der Waals surface area contributed by atoms with Crippen molar-refractivity contribution in [3.8, 4) is 0 Å². The molecule has 3 rings (SSSR count). The Kier molecular flexibility index (Phi) is 6.09. The van der Waals surface area contributed by atoms with Crippen molar-refractivity contribution < 1.29 is 5.11 Å². The molecule has 0 amide bonds. The lowest BCUT2D eigenvalue weighted by Gasteiger charge is -2.43. The average molecular weight is 329 g/mol. The third-order valence-electron chi connectivity index (χ3n) is 5.81. The number of allylic oxidation sites excluding steroid dienone is 6. The molecule has 1 saturated carbocycles. The molecule has 0 spiro atoms. The van der Waals surface area contributed by atoms with E-state index in [2.05, 4.69) is 41.1 Å². The summed E-state index contributed by atoms with van der Waals surface area (Å²) in [6, 6.07) is 0. The van der Waals surface area contributed by atoms with Gasteiger partial charge in [0.25, 0.3) is 0 Å². The maximum absolute atomic E-state index is 11.5. The molecule has 1 heterocycles. The quantitative estimate of drug-likeness (QED) is 0.813. The van der Waals surface area contributed by atoms with Gasteiger partial charge in [0.05, 0.1) is 5.60 Å². The fourth-order valence-corrected chi connectivity index (χ4v) is 4.31. The Labute approximate surface area is 146 Å². The van der Waals surface area contributed by atoms with Crippen LogP contribution in [-0.4, -0.2) is 48.3 Å². The van der Waals surface area contributed by atoms with Crippen molar-refractivity contribution in [1.29, 1.82) is 0 Å². The third-order valence-corrected chi connectivity index (χ3v) is 5.81. The van der Waals surface area contributed by atoms with Gasteiger partial charge in [0, 0.05) is 38.6 Å². The molecule has 2 N–H and O–H groups in total. The summed E-state index contributed by atoms with van der Waals surface area (Å²) in [6.45, 7) is 9.17. The molecule has 2 fully saturated rings. The van der Waals surface area contributed by atoms with Crippen LogP contribution in [-0.2, 0) is 0 Å². The Morgan fingerprint density at radius 2 is 2.00 bits per heavy atom. The Bertz CT molecular complexity index is 520. The maximum atomic E-state index is 11.5. The maximum Gasteiger partial charge on any atom is 0.0728 e. The van der Waals surface area contributed by atoms with Crippen LogP contribution in [0.15, 0.2) is 48.1 Å². The lowest BCUT2D eigenvalue weighted by atomic mass is 9.72. The summed E-state index contributed by atoms with van der Waals surface area (Å²) >= 11 is 0. The highest BCUT2D eigenvalue weighted by Gasteiger charge is 2.40. The summed E-state index contributed by atoms with van der Waals surface area (Å²) < 4.78 is 0. The largest absolute Gasteiger partial charge is 0.389 e. The van der Waals surface area contributed by atoms with E-state index in [0.717, 1.165) is 64.8 Å². The van der Waals surface area contributed by atoms with E-state index in [1.165, 1.54) is 17.6 Å². The first kappa shape index (κ1) is 17.7. The van der Waals surface area contributed by atoms with Gasteiger partial charge < -0.3 is 15.3 Å². The molecule has 0 radical (unpaired) electrons. The van der Waals surface area contributed by atoms with Crippen LogP contribution in [0.5, 0.6) is 0 Å². The second-order valence-corrected chi connectivity index (χ2v) is 7.49. The average Bonchev–Trinajstić information content (AvgIpc) is 2.86. The standard InChI is InChI=1S/C21H32N2O/c1-2-18-8-4-5-9-19(16-18)20(17-23-14-12-22-13-15-23)21(24)10-6-3-7-11-21/h2,4-5,9,16,20,22,24H,1,3,6-8,10-15,17H2. The fourth-order valence-electron chi connectivity index (χ4n) is 4.31. The SMILES string of the molecule is C=CC1=CC(C(CN2CCNCC2)C2(O)CCCCC2)=CC=CC1. The first-order chi connectivity index (χ1) is 11.7. The molecule has 1 atom stereocenters. The van der Waals surface area contributed by atoms with Crippen molar-refractivity contribution in [2.75, 3.05) is 32.7 Å². The highest BCUT2D eigenvalue weighted by molar-refractivity contribution is 5.39. The minimum Gasteiger partial charge on any atom is -0.389 e. The predicted octanol–water partition coefficient (Wildman–Crippen LogP) is 3.20. The number of piperazine rings is 1. The number of nitrogens with zero attached hydrogens (tertiary/aromatic N) is 1. The van der Waals surface area contributed by atoms with Crippen molar-refractivity contribution in [2.45, 2.75) is 44.1 Å². The summed E-state index contributed by atoms with van der Waals surface area (Å²) in [5, 5.41) is 14.9. The number of hydrogen-bond acceptors (Lipinski definition) is 3. The number of aliphatic hydroxyl groups is 1. The van der Waals surface area contributed by atoms with Crippen LogP contribution in [0.2, 0.25) is 0 Å². The number of hydrogen-bond donors (Lipinski definition) is 2. The third kappa shape index (κ3) is 4.27. The zero-order valence-corrected chi connectivity index (χ0v) is 14.8. The van der Waals surface area contributed by atoms with E-state index in [4.69, 9.17) is 0 Å². The molecule has 3 aliphatic rings. The first-order valence-electron chi connectivity index (χ1n) is 9.56. The second-order valence-electron chi connectivity index (χ2n) is 7.49. The van der Waals surface area contributed by atoms with E-state index in [1.807, 2.05) is 6.08 Å². The van der Waals surface area contributed by atoms with E-state index in [-0.39, 0.29) is 5.92 Å². The Morgan fingerprint density at radius 3 is 2.71 bits per heavy atom. The van der Waals surface area contributed by atoms with E-state index >= 15 is 0 Å². The van der Waals surface area contributed by atoms with Gasteiger partial charge in [0.2, 0.25) is 0 Å². The van der Waals surface area contributed by atoms with Gasteiger partial charge in [-0.25, -0.2) is 0 Å². The molecular formula is C21H32N2O. The first-order valence-corrected chi connectivity index (χ1v) is 9.56. The van der Waals surface area contributed by atoms with Gasteiger partial charge in [-0.2, -0.15) is 0 Å². The lowest BCUT2D eigenvalue weighted by molar-refractivity contribution is -0.0461. The lowest BCUT2D eigenvalue weighted by Crippen LogP contribution is -2.51. The molecule has 0 aromatic heterocycles. The van der Waals surface area contributed by atoms with Gasteiger partial charge in [-0.1, -0.05) is 56.2 Å². The minimum absolute atomic E-state index is 0.189. The summed E-state index contributed by atoms with van der Waals surface area (Å²) in [5.41, 5.74) is 1.97. The van der Waals surface area contributed by atoms with Crippen LogP contribution < -0.4 is 5.32 Å². The monoisotopic (exact) mass is 328 g/mol. The van der Waals surface area contributed by atoms with Gasteiger partial charge in [-0.15, -0.1) is 0 Å². The Hall–Kier alpha value is -1.16. The molecule has 2 aliphatic carbocycles. The van der Waals surface area contributed by atoms with Crippen molar-refractivity contribution in [3.63, 3.8) is 0 Å². The van der Waals surface area contributed by atoms with Crippen molar-refractivity contribution in [2.24, 2.45) is 5.92 Å². The summed E-state index contributed by atoms with van der Waals surface area (Å²) in [7, 11) is 0. The zero-order chi connectivity index (χ0) is 16.8. The van der Waals surface area contributed by atoms with E-state index < -0.39 is 5.60 Å². The van der Waals surface area contributed by atoms with Crippen LogP contribution in [0.1, 0.15) is 38.5 Å². The van der Waals surface area contributed by atoms with Crippen LogP contribution >= 0.6 is 0 Å². The van der Waals surface area contributed by atoms with Crippen LogP contribution in [0.25, 0.3) is 0 Å². The van der Waals surface area contributed by atoms with E-state index in [9.17, 15) is 5.11 Å². The van der Waals surface area contributed by atoms with Crippen LogP contribution in [0.4, 0.5) is 0 Å². The molecule has 1 saturated heterocycles. The van der Waals surface area contributed by atoms with Gasteiger partial charge in [0.15, 0.2) is 0 Å². The Balaban J connectivity index is 1.86. The topological polar surface area (TPSA) is 35.5 Å². The summed E-state index contributed by atoms with van der Waals surface area (Å²) in [6.07, 6.45) is 17.1. The molecule has 0 aromatic rings. The molecule has 3 heteroatoms.